The number of amides is 1. The van der Waals surface area contributed by atoms with E-state index in [-0.39, 0.29) is 25.5 Å². The first-order valence-corrected chi connectivity index (χ1v) is 5.52. The molecule has 0 unspecified atom stereocenters. The number of hydrogen-bond donors (Lipinski definition) is 3. The van der Waals surface area contributed by atoms with Gasteiger partial charge in [0.05, 0.1) is 13.2 Å². The quantitative estimate of drug-likeness (QED) is 0.354. The van der Waals surface area contributed by atoms with Crippen molar-refractivity contribution in [3.05, 3.63) is 12.7 Å². The Morgan fingerprint density at radius 3 is 2.65 bits per heavy atom. The Labute approximate surface area is 101 Å². The fourth-order valence-electron chi connectivity index (χ4n) is 1.29. The Morgan fingerprint density at radius 1 is 1.41 bits per heavy atom. The van der Waals surface area contributed by atoms with Crippen LogP contribution >= 0.6 is 0 Å². The van der Waals surface area contributed by atoms with E-state index in [1.165, 1.54) is 0 Å². The molecule has 0 aromatic heterocycles. The van der Waals surface area contributed by atoms with Crippen LogP contribution in [0.15, 0.2) is 12.7 Å². The molecule has 0 aliphatic rings. The van der Waals surface area contributed by atoms with Gasteiger partial charge >= 0.3 is 5.97 Å². The average molecular weight is 244 g/mol. The van der Waals surface area contributed by atoms with Gasteiger partial charge in [0.15, 0.2) is 0 Å². The fourth-order valence-corrected chi connectivity index (χ4v) is 1.29. The molecule has 0 heterocycles. The number of rotatable bonds is 10. The van der Waals surface area contributed by atoms with Crippen LogP contribution in [-0.4, -0.2) is 59.8 Å². The van der Waals surface area contributed by atoms with E-state index in [2.05, 4.69) is 11.9 Å². The van der Waals surface area contributed by atoms with E-state index in [0.29, 0.717) is 26.1 Å². The molecule has 0 rings (SSSR count). The van der Waals surface area contributed by atoms with E-state index in [4.69, 9.17) is 10.2 Å². The molecule has 0 fully saturated rings. The predicted octanol–water partition coefficient (Wildman–Crippen LogP) is -0.552. The average Bonchev–Trinajstić information content (AvgIpc) is 2.25. The van der Waals surface area contributed by atoms with Crippen LogP contribution in [0.3, 0.4) is 0 Å². The van der Waals surface area contributed by atoms with Gasteiger partial charge in [0.1, 0.15) is 0 Å². The lowest BCUT2D eigenvalue weighted by Crippen LogP contribution is -2.39. The Balaban J connectivity index is 3.73. The molecule has 0 radical (unpaired) electrons. The zero-order valence-corrected chi connectivity index (χ0v) is 9.89. The minimum atomic E-state index is -0.868. The van der Waals surface area contributed by atoms with Crippen LogP contribution < -0.4 is 5.32 Å². The minimum Gasteiger partial charge on any atom is -0.481 e. The summed E-state index contributed by atoms with van der Waals surface area (Å²) >= 11 is 0. The van der Waals surface area contributed by atoms with Crippen molar-refractivity contribution in [1.82, 2.24) is 10.2 Å². The van der Waals surface area contributed by atoms with Gasteiger partial charge in [-0.05, 0) is 6.42 Å². The van der Waals surface area contributed by atoms with Gasteiger partial charge in [-0.1, -0.05) is 6.08 Å². The molecule has 0 aromatic carbocycles. The number of hydrogen-bond acceptors (Lipinski definition) is 4. The van der Waals surface area contributed by atoms with Crippen LogP contribution in [0.5, 0.6) is 0 Å². The molecule has 1 amide bonds. The molecule has 0 spiro atoms. The van der Waals surface area contributed by atoms with Crippen molar-refractivity contribution in [2.24, 2.45) is 0 Å². The summed E-state index contributed by atoms with van der Waals surface area (Å²) in [6.07, 6.45) is 2.13. The fraction of sp³-hybridized carbons (Fsp3) is 0.636. The standard InChI is InChI=1S/C11H20N2O4/c1-2-6-13(7-8-14)9-10(15)12-5-3-4-11(16)17/h2,14H,1,3-9H2,(H,12,15)(H,16,17). The molecule has 0 aliphatic heterocycles. The molecule has 6 heteroatoms. The lowest BCUT2D eigenvalue weighted by molar-refractivity contribution is -0.137. The maximum absolute atomic E-state index is 11.4. The zero-order valence-electron chi connectivity index (χ0n) is 9.89. The lowest BCUT2D eigenvalue weighted by Gasteiger charge is -2.18. The summed E-state index contributed by atoms with van der Waals surface area (Å²) in [5.74, 6) is -1.04. The number of aliphatic carboxylic acids is 1. The highest BCUT2D eigenvalue weighted by atomic mass is 16.4. The molecule has 3 N–H and O–H groups in total. The molecule has 17 heavy (non-hydrogen) atoms. The third-order valence-corrected chi connectivity index (χ3v) is 2.06. The number of carboxylic acid groups (broad SMARTS) is 1. The highest BCUT2D eigenvalue weighted by molar-refractivity contribution is 5.78. The molecule has 0 aromatic rings. The van der Waals surface area contributed by atoms with E-state index in [9.17, 15) is 9.59 Å². The first kappa shape index (κ1) is 15.6. The molecular formula is C11H20N2O4. The maximum Gasteiger partial charge on any atom is 0.303 e. The Kier molecular flexibility index (Phi) is 8.99. The van der Waals surface area contributed by atoms with Gasteiger partial charge in [-0.15, -0.1) is 6.58 Å². The summed E-state index contributed by atoms with van der Waals surface area (Å²) in [6.45, 7) is 5.03. The topological polar surface area (TPSA) is 89.9 Å². The molecular weight excluding hydrogens is 224 g/mol. The number of carbonyl (C=O) groups is 2. The Bertz CT molecular complexity index is 256. The highest BCUT2D eigenvalue weighted by Crippen LogP contribution is 1.89. The third-order valence-electron chi connectivity index (χ3n) is 2.06. The van der Waals surface area contributed by atoms with Crippen molar-refractivity contribution in [3.8, 4) is 0 Å². The van der Waals surface area contributed by atoms with Crippen molar-refractivity contribution in [1.29, 1.82) is 0 Å². The van der Waals surface area contributed by atoms with E-state index in [0.717, 1.165) is 0 Å². The number of carboxylic acids is 1. The molecule has 0 atom stereocenters. The summed E-state index contributed by atoms with van der Waals surface area (Å²) in [5, 5.41) is 19.8. The molecule has 0 saturated carbocycles. The molecule has 6 nitrogen and oxygen atoms in total. The number of nitrogens with one attached hydrogen (secondary N) is 1. The van der Waals surface area contributed by atoms with E-state index >= 15 is 0 Å². The second-order valence-corrected chi connectivity index (χ2v) is 3.59. The lowest BCUT2D eigenvalue weighted by atomic mass is 10.3. The van der Waals surface area contributed by atoms with Gasteiger partial charge < -0.3 is 15.5 Å². The summed E-state index contributed by atoms with van der Waals surface area (Å²) < 4.78 is 0. The van der Waals surface area contributed by atoms with Gasteiger partial charge in [-0.3, -0.25) is 14.5 Å². The van der Waals surface area contributed by atoms with Crippen molar-refractivity contribution in [2.75, 3.05) is 32.8 Å². The number of aliphatic hydroxyl groups is 1. The minimum absolute atomic E-state index is 0.0138. The molecule has 98 valence electrons. The molecule has 0 bridgehead atoms. The summed E-state index contributed by atoms with van der Waals surface area (Å²) in [5.41, 5.74) is 0. The van der Waals surface area contributed by atoms with Crippen LogP contribution in [0.2, 0.25) is 0 Å². The number of aliphatic hydroxyl groups excluding tert-OH is 1. The smallest absolute Gasteiger partial charge is 0.303 e. The van der Waals surface area contributed by atoms with E-state index in [1.54, 1.807) is 11.0 Å². The predicted molar refractivity (Wildman–Crippen MR) is 63.6 cm³/mol. The van der Waals surface area contributed by atoms with Crippen LogP contribution in [0.25, 0.3) is 0 Å². The zero-order chi connectivity index (χ0) is 13.1. The summed E-state index contributed by atoms with van der Waals surface area (Å²) in [4.78, 5) is 23.4. The first-order chi connectivity index (χ1) is 8.10. The van der Waals surface area contributed by atoms with Crippen LogP contribution in [-0.2, 0) is 9.59 Å². The third kappa shape index (κ3) is 9.52. The van der Waals surface area contributed by atoms with Gasteiger partial charge in [0.25, 0.3) is 0 Å². The van der Waals surface area contributed by atoms with Gasteiger partial charge in [-0.2, -0.15) is 0 Å². The largest absolute Gasteiger partial charge is 0.481 e. The van der Waals surface area contributed by atoms with Gasteiger partial charge in [-0.25, -0.2) is 0 Å². The van der Waals surface area contributed by atoms with E-state index < -0.39 is 5.97 Å². The molecule has 0 aliphatic carbocycles. The monoisotopic (exact) mass is 244 g/mol. The Morgan fingerprint density at radius 2 is 2.12 bits per heavy atom. The van der Waals surface area contributed by atoms with Crippen LogP contribution in [0.1, 0.15) is 12.8 Å². The number of carbonyl (C=O) groups excluding carboxylic acids is 1. The summed E-state index contributed by atoms with van der Waals surface area (Å²) in [7, 11) is 0. The van der Waals surface area contributed by atoms with Crippen LogP contribution in [0, 0.1) is 0 Å². The van der Waals surface area contributed by atoms with Crippen molar-refractivity contribution in [3.63, 3.8) is 0 Å². The highest BCUT2D eigenvalue weighted by Gasteiger charge is 2.08. The second kappa shape index (κ2) is 9.80. The first-order valence-electron chi connectivity index (χ1n) is 5.52. The van der Waals surface area contributed by atoms with Crippen molar-refractivity contribution < 1.29 is 19.8 Å². The van der Waals surface area contributed by atoms with Crippen LogP contribution in [0.4, 0.5) is 0 Å². The normalized spacial score (nSPS) is 10.2. The molecule has 0 saturated heterocycles. The Hall–Kier alpha value is -1.40. The van der Waals surface area contributed by atoms with Gasteiger partial charge in [0.2, 0.25) is 5.91 Å². The van der Waals surface area contributed by atoms with E-state index in [1.807, 2.05) is 0 Å². The maximum atomic E-state index is 11.4. The van der Waals surface area contributed by atoms with Gasteiger partial charge in [0, 0.05) is 26.1 Å². The number of nitrogens with zero attached hydrogens (tertiary/aromatic N) is 1. The van der Waals surface area contributed by atoms with Crippen molar-refractivity contribution in [2.45, 2.75) is 12.8 Å². The van der Waals surface area contributed by atoms with Crippen molar-refractivity contribution >= 4 is 11.9 Å². The summed E-state index contributed by atoms with van der Waals surface area (Å²) in [6, 6.07) is 0. The SMILES string of the molecule is C=CCN(CCO)CC(=O)NCCCC(=O)O. The second-order valence-electron chi connectivity index (χ2n) is 3.59.